The van der Waals surface area contributed by atoms with E-state index in [4.69, 9.17) is 0 Å². The van der Waals surface area contributed by atoms with Gasteiger partial charge in [0, 0.05) is 19.3 Å². The van der Waals surface area contributed by atoms with Gasteiger partial charge in [-0.15, -0.1) is 0 Å². The molecule has 5 nitrogen and oxygen atoms in total. The highest BCUT2D eigenvalue weighted by molar-refractivity contribution is 7.89. The van der Waals surface area contributed by atoms with Crippen LogP contribution in [0.2, 0.25) is 0 Å². The largest absolute Gasteiger partial charge is 0.274 e. The molecule has 1 rings (SSSR count). The average Bonchev–Trinajstić information content (AvgIpc) is 2.62. The second-order valence-corrected chi connectivity index (χ2v) is 6.56. The van der Waals surface area contributed by atoms with E-state index in [1.807, 2.05) is 6.92 Å². The Labute approximate surface area is 103 Å². The smallest absolute Gasteiger partial charge is 0.243 e. The van der Waals surface area contributed by atoms with Gasteiger partial charge in [0.1, 0.15) is 4.90 Å². The van der Waals surface area contributed by atoms with E-state index in [1.165, 1.54) is 17.1 Å². The van der Waals surface area contributed by atoms with Crippen molar-refractivity contribution in [3.63, 3.8) is 0 Å². The number of rotatable bonds is 6. The maximum absolute atomic E-state index is 11.9. The predicted molar refractivity (Wildman–Crippen MR) is 67.1 cm³/mol. The molecular formula is C11H21N3O2S. The molecule has 98 valence electrons. The van der Waals surface area contributed by atoms with Gasteiger partial charge in [0.25, 0.3) is 0 Å². The van der Waals surface area contributed by atoms with E-state index in [0.717, 1.165) is 12.8 Å². The topological polar surface area (TPSA) is 64.0 Å². The normalized spacial score (nSPS) is 14.2. The molecule has 1 aromatic rings. The summed E-state index contributed by atoms with van der Waals surface area (Å²) in [5.74, 6) is 0.584. The van der Waals surface area contributed by atoms with Crippen molar-refractivity contribution in [2.75, 3.05) is 0 Å². The summed E-state index contributed by atoms with van der Waals surface area (Å²) >= 11 is 0. The van der Waals surface area contributed by atoms with Gasteiger partial charge >= 0.3 is 0 Å². The van der Waals surface area contributed by atoms with E-state index in [1.54, 1.807) is 7.05 Å². The van der Waals surface area contributed by atoms with Crippen LogP contribution in [0.25, 0.3) is 0 Å². The highest BCUT2D eigenvalue weighted by Crippen LogP contribution is 2.11. The lowest BCUT2D eigenvalue weighted by Gasteiger charge is -2.14. The first-order chi connectivity index (χ1) is 7.81. The van der Waals surface area contributed by atoms with Gasteiger partial charge in [-0.3, -0.25) is 4.68 Å². The molecule has 0 saturated carbocycles. The van der Waals surface area contributed by atoms with Crippen LogP contribution in [-0.4, -0.2) is 24.2 Å². The Balaban J connectivity index is 2.61. The summed E-state index contributed by atoms with van der Waals surface area (Å²) in [7, 11) is -1.72. The van der Waals surface area contributed by atoms with Gasteiger partial charge in [-0.25, -0.2) is 13.1 Å². The van der Waals surface area contributed by atoms with Gasteiger partial charge in [0.2, 0.25) is 10.0 Å². The number of sulfonamides is 1. The van der Waals surface area contributed by atoms with E-state index in [2.05, 4.69) is 23.7 Å². The van der Waals surface area contributed by atoms with Crippen molar-refractivity contribution in [2.45, 2.75) is 44.6 Å². The summed E-state index contributed by atoms with van der Waals surface area (Å²) in [5.41, 5.74) is 0. The minimum atomic E-state index is -3.42. The van der Waals surface area contributed by atoms with E-state index in [-0.39, 0.29) is 10.9 Å². The fourth-order valence-electron chi connectivity index (χ4n) is 1.51. The molecule has 1 aromatic heterocycles. The quantitative estimate of drug-likeness (QED) is 0.842. The molecule has 0 aliphatic rings. The van der Waals surface area contributed by atoms with Crippen molar-refractivity contribution < 1.29 is 8.42 Å². The molecular weight excluding hydrogens is 238 g/mol. The second-order valence-electron chi connectivity index (χ2n) is 4.84. The van der Waals surface area contributed by atoms with Crippen LogP contribution >= 0.6 is 0 Å². The van der Waals surface area contributed by atoms with Gasteiger partial charge in [0.05, 0.1) is 6.20 Å². The third-order valence-electron chi connectivity index (χ3n) is 2.52. The van der Waals surface area contributed by atoms with Crippen molar-refractivity contribution in [2.24, 2.45) is 13.0 Å². The van der Waals surface area contributed by atoms with Crippen molar-refractivity contribution in [1.82, 2.24) is 14.5 Å². The lowest BCUT2D eigenvalue weighted by Crippen LogP contribution is -2.32. The fourth-order valence-corrected chi connectivity index (χ4v) is 2.77. The van der Waals surface area contributed by atoms with Crippen LogP contribution in [0.3, 0.4) is 0 Å². The van der Waals surface area contributed by atoms with Crippen molar-refractivity contribution in [3.8, 4) is 0 Å². The third kappa shape index (κ3) is 4.47. The molecule has 0 bridgehead atoms. The SMILES string of the molecule is CC(C)CC[C@@H](C)NS(=O)(=O)c1cnn(C)c1. The molecule has 17 heavy (non-hydrogen) atoms. The number of nitrogens with zero attached hydrogens (tertiary/aromatic N) is 2. The molecule has 0 aromatic carbocycles. The molecule has 0 spiro atoms. The van der Waals surface area contributed by atoms with Gasteiger partial charge in [-0.2, -0.15) is 5.10 Å². The molecule has 6 heteroatoms. The maximum Gasteiger partial charge on any atom is 0.243 e. The van der Waals surface area contributed by atoms with Crippen LogP contribution in [0.5, 0.6) is 0 Å². The monoisotopic (exact) mass is 259 g/mol. The Morgan fingerprint density at radius 1 is 1.35 bits per heavy atom. The first-order valence-corrected chi connectivity index (χ1v) is 7.30. The van der Waals surface area contributed by atoms with Crippen molar-refractivity contribution in [3.05, 3.63) is 12.4 Å². The molecule has 0 saturated heterocycles. The number of hydrogen-bond donors (Lipinski definition) is 1. The molecule has 0 fully saturated rings. The standard InChI is InChI=1S/C11H21N3O2S/c1-9(2)5-6-10(3)13-17(15,16)11-7-12-14(4)8-11/h7-10,13H,5-6H2,1-4H3/t10-/m1/s1. The summed E-state index contributed by atoms with van der Waals surface area (Å²) in [6, 6.07) is -0.0531. The third-order valence-corrected chi connectivity index (χ3v) is 4.07. The van der Waals surface area contributed by atoms with E-state index in [9.17, 15) is 8.42 Å². The van der Waals surface area contributed by atoms with Crippen LogP contribution in [0, 0.1) is 5.92 Å². The maximum atomic E-state index is 11.9. The highest BCUT2D eigenvalue weighted by atomic mass is 32.2. The summed E-state index contributed by atoms with van der Waals surface area (Å²) < 4.78 is 28.0. The lowest BCUT2D eigenvalue weighted by atomic mass is 10.1. The van der Waals surface area contributed by atoms with Crippen LogP contribution in [0.1, 0.15) is 33.6 Å². The van der Waals surface area contributed by atoms with Crippen LogP contribution in [-0.2, 0) is 17.1 Å². The second kappa shape index (κ2) is 5.64. The first kappa shape index (κ1) is 14.2. The molecule has 1 N–H and O–H groups in total. The molecule has 0 amide bonds. The van der Waals surface area contributed by atoms with E-state index < -0.39 is 10.0 Å². The summed E-state index contributed by atoms with van der Waals surface area (Å²) in [5, 5.41) is 3.86. The molecule has 1 heterocycles. The summed E-state index contributed by atoms with van der Waals surface area (Å²) in [6.45, 7) is 6.14. The molecule has 0 unspecified atom stereocenters. The van der Waals surface area contributed by atoms with Crippen LogP contribution in [0.4, 0.5) is 0 Å². The summed E-state index contributed by atoms with van der Waals surface area (Å²) in [6.07, 6.45) is 4.71. The average molecular weight is 259 g/mol. The molecule has 0 aliphatic heterocycles. The Kier molecular flexibility index (Phi) is 4.70. The molecule has 0 radical (unpaired) electrons. The number of hydrogen-bond acceptors (Lipinski definition) is 3. The van der Waals surface area contributed by atoms with Gasteiger partial charge in [-0.1, -0.05) is 13.8 Å². The molecule has 1 atom stereocenters. The van der Waals surface area contributed by atoms with Crippen LogP contribution < -0.4 is 4.72 Å². The number of aromatic nitrogens is 2. The van der Waals surface area contributed by atoms with Gasteiger partial charge in [-0.05, 0) is 25.7 Å². The van der Waals surface area contributed by atoms with Crippen molar-refractivity contribution in [1.29, 1.82) is 0 Å². The zero-order chi connectivity index (χ0) is 13.1. The van der Waals surface area contributed by atoms with Gasteiger partial charge in [0.15, 0.2) is 0 Å². The predicted octanol–water partition coefficient (Wildman–Crippen LogP) is 1.52. The minimum absolute atomic E-state index is 0.0531. The Hall–Kier alpha value is -0.880. The lowest BCUT2D eigenvalue weighted by molar-refractivity contribution is 0.485. The Morgan fingerprint density at radius 2 is 2.00 bits per heavy atom. The fraction of sp³-hybridized carbons (Fsp3) is 0.727. The summed E-state index contributed by atoms with van der Waals surface area (Å²) in [4.78, 5) is 0.219. The van der Waals surface area contributed by atoms with Crippen LogP contribution in [0.15, 0.2) is 17.3 Å². The van der Waals surface area contributed by atoms with Gasteiger partial charge < -0.3 is 0 Å². The zero-order valence-electron chi connectivity index (χ0n) is 10.8. The minimum Gasteiger partial charge on any atom is -0.274 e. The number of nitrogens with one attached hydrogen (secondary N) is 1. The highest BCUT2D eigenvalue weighted by Gasteiger charge is 2.18. The molecule has 0 aliphatic carbocycles. The first-order valence-electron chi connectivity index (χ1n) is 5.82. The van der Waals surface area contributed by atoms with E-state index in [0.29, 0.717) is 5.92 Å². The Bertz CT molecular complexity index is 451. The Morgan fingerprint density at radius 3 is 2.47 bits per heavy atom. The van der Waals surface area contributed by atoms with Crippen molar-refractivity contribution >= 4 is 10.0 Å². The zero-order valence-corrected chi connectivity index (χ0v) is 11.7. The van der Waals surface area contributed by atoms with E-state index >= 15 is 0 Å². The number of aryl methyl sites for hydroxylation is 1.